The zero-order valence-electron chi connectivity index (χ0n) is 7.64. The van der Waals surface area contributed by atoms with Crippen LogP contribution in [0.4, 0.5) is 0 Å². The predicted molar refractivity (Wildman–Crippen MR) is 46.8 cm³/mol. The molecule has 1 saturated carbocycles. The summed E-state index contributed by atoms with van der Waals surface area (Å²) in [4.78, 5) is 11.0. The van der Waals surface area contributed by atoms with Gasteiger partial charge in [0.15, 0.2) is 0 Å². The molecular weight excluding hydrogens is 154 g/mol. The quantitative estimate of drug-likeness (QED) is 0.477. The summed E-state index contributed by atoms with van der Waals surface area (Å²) in [5, 5.41) is 3.17. The third-order valence-corrected chi connectivity index (χ3v) is 1.86. The first-order valence-electron chi connectivity index (χ1n) is 4.72. The molecule has 0 aromatic heterocycles. The topological polar surface area (TPSA) is 38.3 Å². The fraction of sp³-hybridized carbons (Fsp3) is 0.889. The number of hydrogen-bond acceptors (Lipinski definition) is 3. The van der Waals surface area contributed by atoms with Crippen molar-refractivity contribution in [1.82, 2.24) is 5.32 Å². The van der Waals surface area contributed by atoms with E-state index < -0.39 is 0 Å². The first-order valence-corrected chi connectivity index (χ1v) is 4.72. The molecule has 3 heteroatoms. The highest BCUT2D eigenvalue weighted by molar-refractivity contribution is 5.74. The zero-order chi connectivity index (χ0) is 8.81. The van der Waals surface area contributed by atoms with Gasteiger partial charge in [0.1, 0.15) is 6.61 Å². The van der Waals surface area contributed by atoms with Crippen LogP contribution in [0.3, 0.4) is 0 Å². The molecule has 0 aromatic rings. The molecule has 3 nitrogen and oxygen atoms in total. The second kappa shape index (κ2) is 5.14. The van der Waals surface area contributed by atoms with Gasteiger partial charge in [-0.1, -0.05) is 6.92 Å². The van der Waals surface area contributed by atoms with Crippen molar-refractivity contribution < 1.29 is 9.53 Å². The van der Waals surface area contributed by atoms with Crippen LogP contribution in [0, 0.1) is 5.92 Å². The van der Waals surface area contributed by atoms with Crippen LogP contribution in [0.5, 0.6) is 0 Å². The van der Waals surface area contributed by atoms with E-state index in [9.17, 15) is 4.79 Å². The number of carbonyl (C=O) groups excluding carboxylic acids is 1. The van der Waals surface area contributed by atoms with Crippen molar-refractivity contribution in [1.29, 1.82) is 0 Å². The van der Waals surface area contributed by atoms with Gasteiger partial charge in [-0.25, -0.2) is 0 Å². The monoisotopic (exact) mass is 171 g/mol. The second-order valence-electron chi connectivity index (χ2n) is 3.19. The van der Waals surface area contributed by atoms with Gasteiger partial charge in [0.2, 0.25) is 0 Å². The van der Waals surface area contributed by atoms with Crippen molar-refractivity contribution in [2.45, 2.75) is 26.2 Å². The third kappa shape index (κ3) is 3.72. The molecule has 1 rings (SSSR count). The Hall–Kier alpha value is -0.570. The van der Waals surface area contributed by atoms with Crippen molar-refractivity contribution in [3.05, 3.63) is 0 Å². The Morgan fingerprint density at radius 2 is 2.25 bits per heavy atom. The van der Waals surface area contributed by atoms with Crippen molar-refractivity contribution in [2.24, 2.45) is 5.92 Å². The van der Waals surface area contributed by atoms with E-state index in [1.54, 1.807) is 0 Å². The third-order valence-electron chi connectivity index (χ3n) is 1.86. The van der Waals surface area contributed by atoms with Crippen molar-refractivity contribution in [2.75, 3.05) is 19.7 Å². The Bertz CT molecular complexity index is 143. The van der Waals surface area contributed by atoms with Crippen LogP contribution in [-0.2, 0) is 9.53 Å². The van der Waals surface area contributed by atoms with Gasteiger partial charge in [0.25, 0.3) is 0 Å². The molecule has 1 fully saturated rings. The van der Waals surface area contributed by atoms with Crippen molar-refractivity contribution in [3.63, 3.8) is 0 Å². The van der Waals surface area contributed by atoms with Crippen molar-refractivity contribution >= 4 is 5.97 Å². The van der Waals surface area contributed by atoms with Crippen LogP contribution in [0.25, 0.3) is 0 Å². The summed E-state index contributed by atoms with van der Waals surface area (Å²) in [6, 6.07) is 0. The molecule has 1 aliphatic carbocycles. The van der Waals surface area contributed by atoms with Crippen LogP contribution in [-0.4, -0.2) is 25.7 Å². The molecule has 1 N–H and O–H groups in total. The number of nitrogens with one attached hydrogen (secondary N) is 1. The van der Waals surface area contributed by atoms with Gasteiger partial charge in [0.05, 0.1) is 5.92 Å². The standard InChI is InChI=1S/C9H17NO2/c1-2-5-10-6-7-12-9(11)8-3-4-8/h8,10H,2-7H2,1H3. The van der Waals surface area contributed by atoms with Crippen LogP contribution in [0.15, 0.2) is 0 Å². The maximum atomic E-state index is 11.0. The average molecular weight is 171 g/mol. The molecule has 0 bridgehead atoms. The SMILES string of the molecule is CCCNCCOC(=O)C1CC1. The highest BCUT2D eigenvalue weighted by atomic mass is 16.5. The predicted octanol–water partition coefficient (Wildman–Crippen LogP) is 0.939. The fourth-order valence-corrected chi connectivity index (χ4v) is 0.962. The molecule has 12 heavy (non-hydrogen) atoms. The molecule has 0 unspecified atom stereocenters. The lowest BCUT2D eigenvalue weighted by molar-refractivity contribution is -0.145. The minimum absolute atomic E-state index is 0.00621. The van der Waals surface area contributed by atoms with Gasteiger partial charge in [-0.2, -0.15) is 0 Å². The Labute approximate surface area is 73.5 Å². The van der Waals surface area contributed by atoms with E-state index >= 15 is 0 Å². The first kappa shape index (κ1) is 9.52. The van der Waals surface area contributed by atoms with E-state index in [-0.39, 0.29) is 11.9 Å². The molecule has 70 valence electrons. The largest absolute Gasteiger partial charge is 0.464 e. The minimum Gasteiger partial charge on any atom is -0.464 e. The van der Waals surface area contributed by atoms with Crippen LogP contribution >= 0.6 is 0 Å². The molecule has 0 heterocycles. The van der Waals surface area contributed by atoms with E-state index in [4.69, 9.17) is 4.74 Å². The molecular formula is C9H17NO2. The van der Waals surface area contributed by atoms with E-state index in [1.165, 1.54) is 0 Å². The second-order valence-corrected chi connectivity index (χ2v) is 3.19. The van der Waals surface area contributed by atoms with E-state index in [1.807, 2.05) is 0 Å². The van der Waals surface area contributed by atoms with Gasteiger partial charge >= 0.3 is 5.97 Å². The Kier molecular flexibility index (Phi) is 4.08. The normalized spacial score (nSPS) is 16.1. The highest BCUT2D eigenvalue weighted by Crippen LogP contribution is 2.29. The molecule has 0 atom stereocenters. The lowest BCUT2D eigenvalue weighted by atomic mass is 10.4. The molecule has 0 radical (unpaired) electrons. The summed E-state index contributed by atoms with van der Waals surface area (Å²) in [5.41, 5.74) is 0. The molecule has 1 aliphatic rings. The summed E-state index contributed by atoms with van der Waals surface area (Å²) in [6.45, 7) is 4.42. The lowest BCUT2D eigenvalue weighted by Crippen LogP contribution is -2.22. The minimum atomic E-state index is -0.00621. The summed E-state index contributed by atoms with van der Waals surface area (Å²) >= 11 is 0. The molecule has 0 amide bonds. The zero-order valence-corrected chi connectivity index (χ0v) is 7.64. The van der Waals surface area contributed by atoms with Crippen LogP contribution < -0.4 is 5.32 Å². The van der Waals surface area contributed by atoms with Gasteiger partial charge in [-0.05, 0) is 25.8 Å². The van der Waals surface area contributed by atoms with Gasteiger partial charge in [0, 0.05) is 6.54 Å². The van der Waals surface area contributed by atoms with Gasteiger partial charge in [-0.3, -0.25) is 4.79 Å². The van der Waals surface area contributed by atoms with Gasteiger partial charge in [-0.15, -0.1) is 0 Å². The maximum Gasteiger partial charge on any atom is 0.308 e. The number of carbonyl (C=O) groups is 1. The molecule has 0 aromatic carbocycles. The number of esters is 1. The van der Waals surface area contributed by atoms with Gasteiger partial charge < -0.3 is 10.1 Å². The lowest BCUT2D eigenvalue weighted by Gasteiger charge is -2.04. The summed E-state index contributed by atoms with van der Waals surface area (Å²) in [6.07, 6.45) is 3.18. The van der Waals surface area contributed by atoms with E-state index in [2.05, 4.69) is 12.2 Å². The number of hydrogen-bond donors (Lipinski definition) is 1. The Morgan fingerprint density at radius 1 is 1.50 bits per heavy atom. The Balaban J connectivity index is 1.84. The first-order chi connectivity index (χ1) is 5.84. The van der Waals surface area contributed by atoms with E-state index in [0.717, 1.165) is 32.4 Å². The van der Waals surface area contributed by atoms with Crippen LogP contribution in [0.1, 0.15) is 26.2 Å². The van der Waals surface area contributed by atoms with Crippen molar-refractivity contribution in [3.8, 4) is 0 Å². The maximum absolute atomic E-state index is 11.0. The van der Waals surface area contributed by atoms with E-state index in [0.29, 0.717) is 6.61 Å². The molecule has 0 saturated heterocycles. The molecule has 0 spiro atoms. The highest BCUT2D eigenvalue weighted by Gasteiger charge is 2.30. The van der Waals surface area contributed by atoms with Crippen LogP contribution in [0.2, 0.25) is 0 Å². The summed E-state index contributed by atoms with van der Waals surface area (Å²) < 4.78 is 5.01. The fourth-order valence-electron chi connectivity index (χ4n) is 0.962. The Morgan fingerprint density at radius 3 is 2.83 bits per heavy atom. The average Bonchev–Trinajstić information content (AvgIpc) is 2.86. The number of rotatable bonds is 6. The summed E-state index contributed by atoms with van der Waals surface area (Å²) in [7, 11) is 0. The summed E-state index contributed by atoms with van der Waals surface area (Å²) in [5.74, 6) is 0.226. The molecule has 0 aliphatic heterocycles. The number of ether oxygens (including phenoxy) is 1. The smallest absolute Gasteiger partial charge is 0.308 e.